The number of piperidine rings is 1. The van der Waals surface area contributed by atoms with Gasteiger partial charge >= 0.3 is 5.97 Å². The first-order valence-electron chi connectivity index (χ1n) is 6.87. The molecule has 4 nitrogen and oxygen atoms in total. The molecule has 20 heavy (non-hydrogen) atoms. The van der Waals surface area contributed by atoms with Gasteiger partial charge in [-0.15, -0.1) is 0 Å². The van der Waals surface area contributed by atoms with Gasteiger partial charge in [-0.3, -0.25) is 9.59 Å². The van der Waals surface area contributed by atoms with Crippen molar-refractivity contribution in [1.29, 1.82) is 0 Å². The average molecular weight is 294 g/mol. The van der Waals surface area contributed by atoms with Crippen LogP contribution < -0.4 is 0 Å². The summed E-state index contributed by atoms with van der Waals surface area (Å²) in [5, 5.41) is 10.1. The lowest BCUT2D eigenvalue weighted by molar-refractivity contribution is -0.152. The number of carbonyl (C=O) groups excluding carboxylic acids is 1. The number of amides is 1. The topological polar surface area (TPSA) is 57.6 Å². The van der Waals surface area contributed by atoms with E-state index in [1.807, 2.05) is 12.1 Å². The molecule has 1 saturated carbocycles. The van der Waals surface area contributed by atoms with Crippen molar-refractivity contribution in [2.75, 3.05) is 0 Å². The highest BCUT2D eigenvalue weighted by molar-refractivity contribution is 6.30. The quantitative estimate of drug-likeness (QED) is 0.932. The number of carboxylic acids is 1. The molecule has 1 aromatic carbocycles. The molecule has 5 heteroatoms. The Bertz CT molecular complexity index is 539. The first-order valence-corrected chi connectivity index (χ1v) is 7.25. The largest absolute Gasteiger partial charge is 0.481 e. The fourth-order valence-corrected chi connectivity index (χ4v) is 3.14. The average Bonchev–Trinajstić information content (AvgIpc) is 3.23. The van der Waals surface area contributed by atoms with Crippen molar-refractivity contribution in [3.05, 3.63) is 34.9 Å². The molecule has 2 unspecified atom stereocenters. The monoisotopic (exact) mass is 293 g/mol. The summed E-state index contributed by atoms with van der Waals surface area (Å²) in [4.78, 5) is 25.5. The lowest BCUT2D eigenvalue weighted by Crippen LogP contribution is -2.46. The van der Waals surface area contributed by atoms with E-state index in [-0.39, 0.29) is 18.0 Å². The molecule has 2 aliphatic rings. The van der Waals surface area contributed by atoms with Crippen molar-refractivity contribution < 1.29 is 14.7 Å². The number of hydrogen-bond donors (Lipinski definition) is 1. The summed E-state index contributed by atoms with van der Waals surface area (Å²) in [5.41, 5.74) is 0.863. The van der Waals surface area contributed by atoms with E-state index >= 15 is 0 Å². The van der Waals surface area contributed by atoms with Crippen molar-refractivity contribution in [3.63, 3.8) is 0 Å². The highest BCUT2D eigenvalue weighted by Gasteiger charge is 2.46. The molecular weight excluding hydrogens is 278 g/mol. The zero-order valence-electron chi connectivity index (χ0n) is 11.0. The van der Waals surface area contributed by atoms with E-state index in [9.17, 15) is 14.7 Å². The number of carbonyl (C=O) groups is 2. The summed E-state index contributed by atoms with van der Waals surface area (Å²) < 4.78 is 0. The zero-order chi connectivity index (χ0) is 14.3. The zero-order valence-corrected chi connectivity index (χ0v) is 11.7. The van der Waals surface area contributed by atoms with E-state index in [0.29, 0.717) is 17.9 Å². The Hall–Kier alpha value is -1.55. The summed E-state index contributed by atoms with van der Waals surface area (Å²) in [6.07, 6.45) is 2.69. The summed E-state index contributed by atoms with van der Waals surface area (Å²) in [5.74, 6) is -1.29. The molecule has 3 rings (SSSR count). The van der Waals surface area contributed by atoms with Gasteiger partial charge in [-0.1, -0.05) is 23.7 Å². The fourth-order valence-electron chi connectivity index (χ4n) is 3.01. The molecule has 2 fully saturated rings. The van der Waals surface area contributed by atoms with Crippen LogP contribution in [0.25, 0.3) is 0 Å². The van der Waals surface area contributed by atoms with Gasteiger partial charge in [0.1, 0.15) is 0 Å². The Morgan fingerprint density at radius 1 is 1.20 bits per heavy atom. The van der Waals surface area contributed by atoms with E-state index in [1.165, 1.54) is 0 Å². The summed E-state index contributed by atoms with van der Waals surface area (Å²) in [7, 11) is 0. The molecule has 1 amide bonds. The predicted octanol–water partition coefficient (Wildman–Crippen LogP) is 2.87. The van der Waals surface area contributed by atoms with E-state index in [0.717, 1.165) is 18.4 Å². The van der Waals surface area contributed by atoms with Crippen molar-refractivity contribution >= 4 is 23.5 Å². The third-order valence-electron chi connectivity index (χ3n) is 4.11. The Labute approximate surface area is 122 Å². The molecule has 0 bridgehead atoms. The predicted molar refractivity (Wildman–Crippen MR) is 74.4 cm³/mol. The first-order chi connectivity index (χ1) is 9.58. The maximum Gasteiger partial charge on any atom is 0.308 e. The van der Waals surface area contributed by atoms with Gasteiger partial charge in [0.25, 0.3) is 0 Å². The minimum atomic E-state index is -0.830. The van der Waals surface area contributed by atoms with Crippen LogP contribution in [0.5, 0.6) is 0 Å². The van der Waals surface area contributed by atoms with Gasteiger partial charge in [0, 0.05) is 17.5 Å². The van der Waals surface area contributed by atoms with Gasteiger partial charge in [-0.25, -0.2) is 0 Å². The Kier molecular flexibility index (Phi) is 3.42. The van der Waals surface area contributed by atoms with Crippen LogP contribution in [0.4, 0.5) is 0 Å². The van der Waals surface area contributed by atoms with E-state index in [4.69, 9.17) is 11.6 Å². The molecule has 1 heterocycles. The smallest absolute Gasteiger partial charge is 0.308 e. The van der Waals surface area contributed by atoms with Gasteiger partial charge in [-0.05, 0) is 37.0 Å². The first kappa shape index (κ1) is 13.4. The van der Waals surface area contributed by atoms with Crippen LogP contribution in [0.2, 0.25) is 5.02 Å². The third-order valence-corrected chi connectivity index (χ3v) is 4.36. The van der Waals surface area contributed by atoms with Crippen LogP contribution in [0.1, 0.15) is 37.3 Å². The van der Waals surface area contributed by atoms with E-state index in [1.54, 1.807) is 17.0 Å². The van der Waals surface area contributed by atoms with Gasteiger partial charge < -0.3 is 10.0 Å². The number of hydrogen-bond acceptors (Lipinski definition) is 2. The summed E-state index contributed by atoms with van der Waals surface area (Å²) in [6.45, 7) is 0. The number of likely N-dealkylation sites (tertiary alicyclic amines) is 1. The number of rotatable bonds is 3. The Morgan fingerprint density at radius 2 is 1.85 bits per heavy atom. The molecular formula is C15H16ClNO3. The molecule has 1 N–H and O–H groups in total. The van der Waals surface area contributed by atoms with Crippen molar-refractivity contribution in [1.82, 2.24) is 4.90 Å². The maximum absolute atomic E-state index is 12.2. The van der Waals surface area contributed by atoms with Crippen LogP contribution in [0, 0.1) is 5.92 Å². The molecule has 1 aliphatic heterocycles. The lowest BCUT2D eigenvalue weighted by atomic mass is 9.84. The second kappa shape index (κ2) is 5.09. The lowest BCUT2D eigenvalue weighted by Gasteiger charge is -2.40. The number of benzene rings is 1. The second-order valence-corrected chi connectivity index (χ2v) is 5.95. The summed E-state index contributed by atoms with van der Waals surface area (Å²) in [6, 6.07) is 7.01. The molecule has 0 radical (unpaired) electrons. The number of aliphatic carboxylic acids is 1. The van der Waals surface area contributed by atoms with Crippen LogP contribution >= 0.6 is 11.6 Å². The second-order valence-electron chi connectivity index (χ2n) is 5.51. The fraction of sp³-hybridized carbons (Fsp3) is 0.467. The Balaban J connectivity index is 2.00. The molecule has 0 aromatic heterocycles. The third kappa shape index (κ3) is 2.40. The number of nitrogens with zero attached hydrogens (tertiary/aromatic N) is 1. The van der Waals surface area contributed by atoms with Crippen molar-refractivity contribution in [2.24, 2.45) is 5.92 Å². The minimum Gasteiger partial charge on any atom is -0.481 e. The van der Waals surface area contributed by atoms with Crippen LogP contribution in [-0.4, -0.2) is 27.9 Å². The van der Waals surface area contributed by atoms with Gasteiger partial charge in [0.05, 0.1) is 12.0 Å². The highest BCUT2D eigenvalue weighted by Crippen LogP contribution is 2.43. The van der Waals surface area contributed by atoms with E-state index < -0.39 is 11.9 Å². The van der Waals surface area contributed by atoms with Crippen molar-refractivity contribution in [2.45, 2.75) is 37.8 Å². The molecule has 0 spiro atoms. The maximum atomic E-state index is 12.2. The van der Waals surface area contributed by atoms with Gasteiger partial charge in [0.2, 0.25) is 5.91 Å². The number of carboxylic acid groups (broad SMARTS) is 1. The number of halogens is 1. The molecule has 1 aromatic rings. The molecule has 1 saturated heterocycles. The van der Waals surface area contributed by atoms with Gasteiger partial charge in [0.15, 0.2) is 0 Å². The highest BCUT2D eigenvalue weighted by atomic mass is 35.5. The van der Waals surface area contributed by atoms with Crippen LogP contribution in [0.3, 0.4) is 0 Å². The molecule has 1 aliphatic carbocycles. The summed E-state index contributed by atoms with van der Waals surface area (Å²) >= 11 is 5.89. The van der Waals surface area contributed by atoms with E-state index in [2.05, 4.69) is 0 Å². The minimum absolute atomic E-state index is 0.0740. The van der Waals surface area contributed by atoms with Crippen molar-refractivity contribution in [3.8, 4) is 0 Å². The standard InChI is InChI=1S/C15H16ClNO3/c16-10-3-1-9(2-4-10)14-12(15(19)20)7-8-13(18)17(14)11-5-6-11/h1-4,11-12,14H,5-8H2,(H,19,20). The normalized spacial score (nSPS) is 26.6. The van der Waals surface area contributed by atoms with Crippen LogP contribution in [0.15, 0.2) is 24.3 Å². The molecule has 2 atom stereocenters. The Morgan fingerprint density at radius 3 is 2.40 bits per heavy atom. The molecule has 106 valence electrons. The van der Waals surface area contributed by atoms with Gasteiger partial charge in [-0.2, -0.15) is 0 Å². The van der Waals surface area contributed by atoms with Crippen LogP contribution in [-0.2, 0) is 9.59 Å². The SMILES string of the molecule is O=C(O)C1CCC(=O)N(C2CC2)C1c1ccc(Cl)cc1.